The zero-order valence-electron chi connectivity index (χ0n) is 10.6. The van der Waals surface area contributed by atoms with Crippen molar-refractivity contribution in [3.8, 4) is 0 Å². The Balaban J connectivity index is 2.09. The largest absolute Gasteiger partial charge is 0.478 e. The maximum Gasteiger partial charge on any atom is 0.335 e. The summed E-state index contributed by atoms with van der Waals surface area (Å²) in [6, 6.07) is 6.86. The molecule has 0 saturated carbocycles. The lowest BCUT2D eigenvalue weighted by atomic mass is 10.2. The summed E-state index contributed by atoms with van der Waals surface area (Å²) in [5, 5.41) is 11.4. The van der Waals surface area contributed by atoms with E-state index in [2.05, 4.69) is 26.2 Å². The molecule has 1 aromatic carbocycles. The molecule has 0 atom stereocenters. The molecule has 0 bridgehead atoms. The third-order valence-electron chi connectivity index (χ3n) is 2.69. The second kappa shape index (κ2) is 6.45. The van der Waals surface area contributed by atoms with E-state index in [1.807, 2.05) is 0 Å². The molecule has 1 aromatic heterocycles. The molecule has 2 rings (SSSR count). The zero-order valence-corrected chi connectivity index (χ0v) is 12.2. The van der Waals surface area contributed by atoms with Crippen molar-refractivity contribution in [1.29, 1.82) is 0 Å². The Labute approximate surface area is 128 Å². The van der Waals surface area contributed by atoms with E-state index in [4.69, 9.17) is 5.11 Å². The van der Waals surface area contributed by atoms with Gasteiger partial charge in [0.05, 0.1) is 27.8 Å². The molecule has 5 nitrogen and oxygen atoms in total. The van der Waals surface area contributed by atoms with Crippen LogP contribution in [0.2, 0.25) is 0 Å². The molecule has 21 heavy (non-hydrogen) atoms. The molecule has 0 spiro atoms. The summed E-state index contributed by atoms with van der Waals surface area (Å²) in [5.41, 5.74) is 0.640. The first-order valence-corrected chi connectivity index (χ1v) is 6.69. The fourth-order valence-corrected chi connectivity index (χ4v) is 2.10. The highest BCUT2D eigenvalue weighted by Crippen LogP contribution is 2.20. The molecule has 2 N–H and O–H groups in total. The Morgan fingerprint density at radius 2 is 2.10 bits per heavy atom. The van der Waals surface area contributed by atoms with Gasteiger partial charge in [-0.3, -0.25) is 9.78 Å². The van der Waals surface area contributed by atoms with Crippen molar-refractivity contribution < 1.29 is 19.1 Å². The van der Waals surface area contributed by atoms with Crippen LogP contribution in [0.1, 0.15) is 26.4 Å². The van der Waals surface area contributed by atoms with Gasteiger partial charge in [0.1, 0.15) is 5.82 Å². The van der Waals surface area contributed by atoms with Crippen LogP contribution in [-0.2, 0) is 6.54 Å². The molecule has 0 saturated heterocycles. The van der Waals surface area contributed by atoms with Gasteiger partial charge in [0.25, 0.3) is 5.91 Å². The Morgan fingerprint density at radius 1 is 1.33 bits per heavy atom. The quantitative estimate of drug-likeness (QED) is 0.886. The average Bonchev–Trinajstić information content (AvgIpc) is 2.48. The van der Waals surface area contributed by atoms with Crippen LogP contribution in [0.5, 0.6) is 0 Å². The number of aromatic nitrogens is 1. The normalized spacial score (nSPS) is 10.2. The van der Waals surface area contributed by atoms with Gasteiger partial charge >= 0.3 is 5.97 Å². The van der Waals surface area contributed by atoms with E-state index < -0.39 is 17.7 Å². The van der Waals surface area contributed by atoms with E-state index in [1.165, 1.54) is 36.5 Å². The van der Waals surface area contributed by atoms with Crippen LogP contribution in [0, 0.1) is 5.82 Å². The number of amides is 1. The summed E-state index contributed by atoms with van der Waals surface area (Å²) in [6.07, 6.45) is 1.35. The predicted molar refractivity (Wildman–Crippen MR) is 76.5 cm³/mol. The standard InChI is InChI=1S/C14H10BrFN2O3/c15-12-10(2-1-3-11(12)16)13(19)18-7-9-6-8(14(20)21)4-5-17-9/h1-6H,7H2,(H,18,19)(H,20,21). The minimum atomic E-state index is -1.07. The van der Waals surface area contributed by atoms with Gasteiger partial charge in [0.2, 0.25) is 0 Å². The fraction of sp³-hybridized carbons (Fsp3) is 0.0714. The Hall–Kier alpha value is -2.28. The lowest BCUT2D eigenvalue weighted by Gasteiger charge is -2.07. The van der Waals surface area contributed by atoms with Crippen molar-refractivity contribution in [2.45, 2.75) is 6.54 Å². The van der Waals surface area contributed by atoms with Crippen LogP contribution in [-0.4, -0.2) is 22.0 Å². The summed E-state index contributed by atoms with van der Waals surface area (Å²) >= 11 is 3.01. The Bertz CT molecular complexity index is 706. The van der Waals surface area contributed by atoms with Gasteiger partial charge in [-0.05, 0) is 40.2 Å². The molecule has 7 heteroatoms. The van der Waals surface area contributed by atoms with Gasteiger partial charge in [0, 0.05) is 6.20 Å². The second-order valence-corrected chi connectivity index (χ2v) is 4.92. The topological polar surface area (TPSA) is 79.3 Å². The van der Waals surface area contributed by atoms with E-state index >= 15 is 0 Å². The maximum atomic E-state index is 13.3. The number of halogens is 2. The summed E-state index contributed by atoms with van der Waals surface area (Å²) in [4.78, 5) is 26.8. The maximum absolute atomic E-state index is 13.3. The van der Waals surface area contributed by atoms with Crippen LogP contribution < -0.4 is 5.32 Å². The summed E-state index contributed by atoms with van der Waals surface area (Å²) in [5.74, 6) is -2.09. The number of carboxylic acid groups (broad SMARTS) is 1. The second-order valence-electron chi connectivity index (χ2n) is 4.13. The predicted octanol–water partition coefficient (Wildman–Crippen LogP) is 2.61. The van der Waals surface area contributed by atoms with Gasteiger partial charge < -0.3 is 10.4 Å². The molecular weight excluding hydrogens is 343 g/mol. The lowest BCUT2D eigenvalue weighted by molar-refractivity contribution is 0.0696. The molecule has 0 unspecified atom stereocenters. The monoisotopic (exact) mass is 352 g/mol. The van der Waals surface area contributed by atoms with Crippen molar-refractivity contribution in [2.75, 3.05) is 0 Å². The first kappa shape index (κ1) is 15.1. The lowest BCUT2D eigenvalue weighted by Crippen LogP contribution is -2.24. The number of hydrogen-bond donors (Lipinski definition) is 2. The number of carbonyl (C=O) groups is 2. The average molecular weight is 353 g/mol. The van der Waals surface area contributed by atoms with Gasteiger partial charge in [-0.25, -0.2) is 9.18 Å². The molecule has 108 valence electrons. The highest BCUT2D eigenvalue weighted by molar-refractivity contribution is 9.10. The minimum absolute atomic E-state index is 0.0446. The summed E-state index contributed by atoms with van der Waals surface area (Å²) in [6.45, 7) is 0.0446. The smallest absolute Gasteiger partial charge is 0.335 e. The van der Waals surface area contributed by atoms with Gasteiger partial charge in [-0.2, -0.15) is 0 Å². The highest BCUT2D eigenvalue weighted by atomic mass is 79.9. The fourth-order valence-electron chi connectivity index (χ4n) is 1.65. The molecular formula is C14H10BrFN2O3. The van der Waals surface area contributed by atoms with Gasteiger partial charge in [0.15, 0.2) is 0 Å². The van der Waals surface area contributed by atoms with Crippen LogP contribution in [0.4, 0.5) is 4.39 Å². The van der Waals surface area contributed by atoms with E-state index in [0.29, 0.717) is 5.69 Å². The van der Waals surface area contributed by atoms with Gasteiger partial charge in [-0.1, -0.05) is 6.07 Å². The number of pyridine rings is 1. The number of aromatic carboxylic acids is 1. The van der Waals surface area contributed by atoms with Crippen molar-refractivity contribution in [3.05, 3.63) is 63.6 Å². The number of benzene rings is 1. The molecule has 1 amide bonds. The third kappa shape index (κ3) is 3.63. The number of nitrogens with zero attached hydrogens (tertiary/aromatic N) is 1. The van der Waals surface area contributed by atoms with Crippen molar-refractivity contribution in [1.82, 2.24) is 10.3 Å². The molecule has 0 aliphatic rings. The SMILES string of the molecule is O=C(O)c1ccnc(CNC(=O)c2cccc(F)c2Br)c1. The van der Waals surface area contributed by atoms with E-state index in [0.717, 1.165) is 0 Å². The van der Waals surface area contributed by atoms with E-state index in [-0.39, 0.29) is 22.1 Å². The Morgan fingerprint density at radius 3 is 2.81 bits per heavy atom. The number of hydrogen-bond acceptors (Lipinski definition) is 3. The van der Waals surface area contributed by atoms with Crippen molar-refractivity contribution in [2.24, 2.45) is 0 Å². The number of carbonyl (C=O) groups excluding carboxylic acids is 1. The molecule has 1 heterocycles. The number of carboxylic acids is 1. The van der Waals surface area contributed by atoms with Crippen LogP contribution in [0.25, 0.3) is 0 Å². The first-order chi connectivity index (χ1) is 9.99. The summed E-state index contributed by atoms with van der Waals surface area (Å²) < 4.78 is 13.4. The van der Waals surface area contributed by atoms with Crippen LogP contribution in [0.3, 0.4) is 0 Å². The Kier molecular flexibility index (Phi) is 4.64. The number of nitrogens with one attached hydrogen (secondary N) is 1. The highest BCUT2D eigenvalue weighted by Gasteiger charge is 2.13. The first-order valence-electron chi connectivity index (χ1n) is 5.89. The number of rotatable bonds is 4. The van der Waals surface area contributed by atoms with Crippen molar-refractivity contribution >= 4 is 27.8 Å². The van der Waals surface area contributed by atoms with Gasteiger partial charge in [-0.15, -0.1) is 0 Å². The molecule has 0 aliphatic carbocycles. The zero-order chi connectivity index (χ0) is 15.4. The summed E-state index contributed by atoms with van der Waals surface area (Å²) in [7, 11) is 0. The minimum Gasteiger partial charge on any atom is -0.478 e. The van der Waals surface area contributed by atoms with Crippen molar-refractivity contribution in [3.63, 3.8) is 0 Å². The van der Waals surface area contributed by atoms with E-state index in [1.54, 1.807) is 0 Å². The van der Waals surface area contributed by atoms with E-state index in [9.17, 15) is 14.0 Å². The molecule has 0 radical (unpaired) electrons. The van der Waals surface area contributed by atoms with Crippen LogP contribution >= 0.6 is 15.9 Å². The molecule has 0 aliphatic heterocycles. The molecule has 2 aromatic rings. The van der Waals surface area contributed by atoms with Crippen LogP contribution in [0.15, 0.2) is 41.0 Å². The molecule has 0 fully saturated rings. The third-order valence-corrected chi connectivity index (χ3v) is 3.50.